The lowest BCUT2D eigenvalue weighted by atomic mass is 9.93. The molecule has 20 heavy (non-hydrogen) atoms. The minimum Gasteiger partial charge on any atom is -0.496 e. The molecule has 0 heterocycles. The van der Waals surface area contributed by atoms with Gasteiger partial charge in [-0.1, -0.05) is 20.3 Å². The predicted octanol–water partition coefficient (Wildman–Crippen LogP) is 3.48. The summed E-state index contributed by atoms with van der Waals surface area (Å²) in [4.78, 5) is 0. The summed E-state index contributed by atoms with van der Waals surface area (Å²) in [6, 6.07) is 8.36. The number of rotatable bonds is 5. The molecule has 0 radical (unpaired) electrons. The van der Waals surface area contributed by atoms with Crippen LogP contribution >= 0.6 is 0 Å². The van der Waals surface area contributed by atoms with Gasteiger partial charge in [0.1, 0.15) is 5.75 Å². The second kappa shape index (κ2) is 6.76. The number of nitrogens with one attached hydrogen (secondary N) is 1. The number of nitriles is 1. The van der Waals surface area contributed by atoms with Gasteiger partial charge >= 0.3 is 0 Å². The van der Waals surface area contributed by atoms with Gasteiger partial charge in [-0.2, -0.15) is 5.26 Å². The van der Waals surface area contributed by atoms with Crippen LogP contribution in [0.4, 0.5) is 0 Å². The van der Waals surface area contributed by atoms with E-state index in [1.54, 1.807) is 13.2 Å². The highest BCUT2D eigenvalue weighted by Gasteiger charge is 2.31. The van der Waals surface area contributed by atoms with Gasteiger partial charge < -0.3 is 10.1 Å². The molecule has 0 aromatic heterocycles. The molecule has 3 nitrogen and oxygen atoms in total. The van der Waals surface area contributed by atoms with E-state index >= 15 is 0 Å². The second-order valence-electron chi connectivity index (χ2n) is 5.73. The van der Waals surface area contributed by atoms with Gasteiger partial charge in [-0.05, 0) is 42.9 Å². The van der Waals surface area contributed by atoms with E-state index in [9.17, 15) is 0 Å². The lowest BCUT2D eigenvalue weighted by molar-refractivity contribution is 0.341. The van der Waals surface area contributed by atoms with Crippen molar-refractivity contribution >= 4 is 0 Å². The Morgan fingerprint density at radius 2 is 2.20 bits per heavy atom. The first-order valence-electron chi connectivity index (χ1n) is 7.50. The number of hydrogen-bond donors (Lipinski definition) is 1. The molecule has 108 valence electrons. The SMILES string of the molecule is CCC1CCC(NCc2cc(C#N)ccc2OC)C1C. The third-order valence-corrected chi connectivity index (χ3v) is 4.72. The van der Waals surface area contributed by atoms with E-state index in [2.05, 4.69) is 25.2 Å². The van der Waals surface area contributed by atoms with Crippen LogP contribution < -0.4 is 10.1 Å². The van der Waals surface area contributed by atoms with Gasteiger partial charge in [-0.15, -0.1) is 0 Å². The van der Waals surface area contributed by atoms with E-state index in [4.69, 9.17) is 10.00 Å². The minimum atomic E-state index is 0.579. The van der Waals surface area contributed by atoms with Crippen molar-refractivity contribution in [1.82, 2.24) is 5.32 Å². The molecular formula is C17H24N2O. The smallest absolute Gasteiger partial charge is 0.123 e. The summed E-state index contributed by atoms with van der Waals surface area (Å²) in [5, 5.41) is 12.7. The second-order valence-corrected chi connectivity index (χ2v) is 5.73. The Morgan fingerprint density at radius 1 is 1.40 bits per heavy atom. The fourth-order valence-corrected chi connectivity index (χ4v) is 3.34. The van der Waals surface area contributed by atoms with E-state index in [0.717, 1.165) is 29.7 Å². The first-order valence-corrected chi connectivity index (χ1v) is 7.50. The fourth-order valence-electron chi connectivity index (χ4n) is 3.34. The lowest BCUT2D eigenvalue weighted by Crippen LogP contribution is -2.32. The van der Waals surface area contributed by atoms with Crippen LogP contribution in [0.2, 0.25) is 0 Å². The molecule has 0 bridgehead atoms. The van der Waals surface area contributed by atoms with E-state index in [1.807, 2.05) is 12.1 Å². The zero-order chi connectivity index (χ0) is 14.5. The minimum absolute atomic E-state index is 0.579. The van der Waals surface area contributed by atoms with Crippen LogP contribution in [0.1, 0.15) is 44.2 Å². The Morgan fingerprint density at radius 3 is 2.80 bits per heavy atom. The van der Waals surface area contributed by atoms with Crippen molar-refractivity contribution in [3.63, 3.8) is 0 Å². The van der Waals surface area contributed by atoms with Gasteiger partial charge in [-0.3, -0.25) is 0 Å². The zero-order valence-corrected chi connectivity index (χ0v) is 12.6. The maximum atomic E-state index is 9.00. The Kier molecular flexibility index (Phi) is 5.03. The highest BCUT2D eigenvalue weighted by molar-refractivity contribution is 5.42. The molecule has 1 fully saturated rings. The molecule has 2 rings (SSSR count). The van der Waals surface area contributed by atoms with Gasteiger partial charge in [0.05, 0.1) is 18.7 Å². The standard InChI is InChI=1S/C17H24N2O/c1-4-14-6-7-16(12(14)2)19-11-15-9-13(10-18)5-8-17(15)20-3/h5,8-9,12,14,16,19H,4,6-7,11H2,1-3H3. The number of hydrogen-bond acceptors (Lipinski definition) is 3. The molecule has 3 unspecified atom stereocenters. The van der Waals surface area contributed by atoms with Gasteiger partial charge in [0.15, 0.2) is 0 Å². The number of nitrogens with zero attached hydrogens (tertiary/aromatic N) is 1. The van der Waals surface area contributed by atoms with E-state index in [-0.39, 0.29) is 0 Å². The van der Waals surface area contributed by atoms with Crippen LogP contribution in [0.15, 0.2) is 18.2 Å². The summed E-state index contributed by atoms with van der Waals surface area (Å²) in [6.45, 7) is 5.40. The van der Waals surface area contributed by atoms with E-state index in [1.165, 1.54) is 19.3 Å². The maximum absolute atomic E-state index is 9.00. The van der Waals surface area contributed by atoms with Gasteiger partial charge in [0.25, 0.3) is 0 Å². The third-order valence-electron chi connectivity index (χ3n) is 4.72. The fraction of sp³-hybridized carbons (Fsp3) is 0.588. The lowest BCUT2D eigenvalue weighted by Gasteiger charge is -2.21. The first kappa shape index (κ1) is 14.9. The molecule has 1 N–H and O–H groups in total. The molecule has 1 aliphatic carbocycles. The van der Waals surface area contributed by atoms with Crippen molar-refractivity contribution in [2.45, 2.75) is 45.7 Å². The summed E-state index contributed by atoms with van der Waals surface area (Å²) in [5.41, 5.74) is 1.76. The van der Waals surface area contributed by atoms with Gasteiger partial charge in [0.2, 0.25) is 0 Å². The first-order chi connectivity index (χ1) is 9.69. The molecule has 1 aromatic carbocycles. The van der Waals surface area contributed by atoms with Crippen molar-refractivity contribution in [2.24, 2.45) is 11.8 Å². The summed E-state index contributed by atoms with van der Waals surface area (Å²) in [5.74, 6) is 2.43. The van der Waals surface area contributed by atoms with Gasteiger partial charge in [0, 0.05) is 18.2 Å². The van der Waals surface area contributed by atoms with Crippen molar-refractivity contribution in [3.05, 3.63) is 29.3 Å². The molecule has 1 aromatic rings. The topological polar surface area (TPSA) is 45.0 Å². The average Bonchev–Trinajstić information content (AvgIpc) is 2.85. The van der Waals surface area contributed by atoms with Crippen LogP contribution in [0.3, 0.4) is 0 Å². The quantitative estimate of drug-likeness (QED) is 0.892. The van der Waals surface area contributed by atoms with Gasteiger partial charge in [-0.25, -0.2) is 0 Å². The molecule has 3 heteroatoms. The number of benzene rings is 1. The Hall–Kier alpha value is -1.53. The molecule has 1 saturated carbocycles. The summed E-state index contributed by atoms with van der Waals surface area (Å²) in [6.07, 6.45) is 3.84. The summed E-state index contributed by atoms with van der Waals surface area (Å²) in [7, 11) is 1.68. The summed E-state index contributed by atoms with van der Waals surface area (Å²) >= 11 is 0. The molecule has 3 atom stereocenters. The molecule has 0 amide bonds. The normalized spacial score (nSPS) is 25.4. The molecular weight excluding hydrogens is 248 g/mol. The molecule has 1 aliphatic rings. The van der Waals surface area contributed by atoms with Crippen LogP contribution in [-0.4, -0.2) is 13.2 Å². The Labute approximate surface area is 121 Å². The maximum Gasteiger partial charge on any atom is 0.123 e. The highest BCUT2D eigenvalue weighted by Crippen LogP contribution is 2.34. The van der Waals surface area contributed by atoms with E-state index in [0.29, 0.717) is 11.6 Å². The zero-order valence-electron chi connectivity index (χ0n) is 12.6. The Balaban J connectivity index is 2.02. The van der Waals surface area contributed by atoms with Crippen molar-refractivity contribution in [3.8, 4) is 11.8 Å². The average molecular weight is 272 g/mol. The van der Waals surface area contributed by atoms with Crippen LogP contribution in [0.5, 0.6) is 5.75 Å². The van der Waals surface area contributed by atoms with Crippen molar-refractivity contribution < 1.29 is 4.74 Å². The third kappa shape index (κ3) is 3.13. The number of methoxy groups -OCH3 is 1. The molecule has 0 aliphatic heterocycles. The van der Waals surface area contributed by atoms with Crippen LogP contribution in [0.25, 0.3) is 0 Å². The van der Waals surface area contributed by atoms with E-state index < -0.39 is 0 Å². The predicted molar refractivity (Wildman–Crippen MR) is 80.5 cm³/mol. The largest absolute Gasteiger partial charge is 0.496 e. The molecule has 0 saturated heterocycles. The van der Waals surface area contributed by atoms with Crippen LogP contribution in [0, 0.1) is 23.2 Å². The monoisotopic (exact) mass is 272 g/mol. The van der Waals surface area contributed by atoms with Crippen LogP contribution in [-0.2, 0) is 6.54 Å². The Bertz CT molecular complexity index is 492. The summed E-state index contributed by atoms with van der Waals surface area (Å²) < 4.78 is 5.38. The van der Waals surface area contributed by atoms with Crippen molar-refractivity contribution in [1.29, 1.82) is 5.26 Å². The number of ether oxygens (including phenoxy) is 1. The van der Waals surface area contributed by atoms with Crippen molar-refractivity contribution in [2.75, 3.05) is 7.11 Å². The highest BCUT2D eigenvalue weighted by atomic mass is 16.5. The molecule has 0 spiro atoms.